The van der Waals surface area contributed by atoms with Crippen LogP contribution in [0.15, 0.2) is 48.0 Å². The van der Waals surface area contributed by atoms with Crippen molar-refractivity contribution in [2.24, 2.45) is 0 Å². The molecule has 2 aliphatic heterocycles. The number of hydrogen-bond donors (Lipinski definition) is 1. The van der Waals surface area contributed by atoms with Crippen molar-refractivity contribution in [2.75, 3.05) is 32.9 Å². The highest BCUT2D eigenvalue weighted by Crippen LogP contribution is 2.29. The molecule has 146 valence electrons. The molecular formula is C22H23ClN2O3. The summed E-state index contributed by atoms with van der Waals surface area (Å²) in [6, 6.07) is 13.6. The van der Waals surface area contributed by atoms with E-state index in [2.05, 4.69) is 22.3 Å². The summed E-state index contributed by atoms with van der Waals surface area (Å²) in [5.74, 6) is 0.628. The first-order chi connectivity index (χ1) is 13.7. The average Bonchev–Trinajstić information content (AvgIpc) is 2.73. The maximum Gasteiger partial charge on any atom is 0.250 e. The van der Waals surface area contributed by atoms with Gasteiger partial charge >= 0.3 is 0 Å². The number of nitrogens with zero attached hydrogens (tertiary/aromatic N) is 1. The minimum atomic E-state index is -0.119. The number of fused-ring (bicyclic) bond motifs is 1. The van der Waals surface area contributed by atoms with E-state index in [1.807, 2.05) is 24.3 Å². The molecule has 6 heteroatoms. The number of rotatable bonds is 5. The predicted molar refractivity (Wildman–Crippen MR) is 109 cm³/mol. The van der Waals surface area contributed by atoms with Gasteiger partial charge in [0.05, 0.1) is 18.8 Å². The zero-order valence-corrected chi connectivity index (χ0v) is 16.4. The number of nitrogens with one attached hydrogen (secondary N) is 1. The Hall–Kier alpha value is -2.34. The van der Waals surface area contributed by atoms with Crippen LogP contribution in [0.1, 0.15) is 16.7 Å². The smallest absolute Gasteiger partial charge is 0.250 e. The fraction of sp³-hybridized carbons (Fsp3) is 0.318. The Labute approximate surface area is 169 Å². The molecule has 2 aromatic carbocycles. The maximum atomic E-state index is 12.6. The molecule has 0 radical (unpaired) electrons. The molecule has 5 nitrogen and oxygen atoms in total. The Balaban J connectivity index is 1.41. The maximum absolute atomic E-state index is 12.6. The lowest BCUT2D eigenvalue weighted by Crippen LogP contribution is -2.36. The van der Waals surface area contributed by atoms with Crippen molar-refractivity contribution in [1.29, 1.82) is 0 Å². The SMILES string of the molecule is O=C(NCc1ccccc1CN1CCOCC1)C1=Cc2cc(Cl)ccc2OC1. The van der Waals surface area contributed by atoms with E-state index in [0.717, 1.165) is 49.7 Å². The van der Waals surface area contributed by atoms with Gasteiger partial charge in [-0.2, -0.15) is 0 Å². The molecule has 2 aromatic rings. The van der Waals surface area contributed by atoms with E-state index in [1.54, 1.807) is 12.1 Å². The minimum absolute atomic E-state index is 0.119. The molecule has 1 N–H and O–H groups in total. The van der Waals surface area contributed by atoms with Gasteiger partial charge in [-0.05, 0) is 35.4 Å². The third kappa shape index (κ3) is 4.55. The normalized spacial score (nSPS) is 16.7. The van der Waals surface area contributed by atoms with Crippen LogP contribution in [0, 0.1) is 0 Å². The van der Waals surface area contributed by atoms with E-state index in [4.69, 9.17) is 21.1 Å². The number of halogens is 1. The third-order valence-electron chi connectivity index (χ3n) is 5.03. The Morgan fingerprint density at radius 2 is 1.89 bits per heavy atom. The van der Waals surface area contributed by atoms with Crippen LogP contribution >= 0.6 is 11.6 Å². The van der Waals surface area contributed by atoms with Crippen LogP contribution < -0.4 is 10.1 Å². The molecule has 0 atom stereocenters. The van der Waals surface area contributed by atoms with Gasteiger partial charge in [0.2, 0.25) is 0 Å². The summed E-state index contributed by atoms with van der Waals surface area (Å²) in [6.07, 6.45) is 1.85. The molecule has 1 fully saturated rings. The largest absolute Gasteiger partial charge is 0.488 e. The van der Waals surface area contributed by atoms with Crippen LogP contribution in [-0.4, -0.2) is 43.7 Å². The van der Waals surface area contributed by atoms with E-state index in [9.17, 15) is 4.79 Å². The molecule has 0 unspecified atom stereocenters. The molecule has 1 amide bonds. The monoisotopic (exact) mass is 398 g/mol. The van der Waals surface area contributed by atoms with Gasteiger partial charge in [-0.15, -0.1) is 0 Å². The standard InChI is InChI=1S/C22H23ClN2O3/c23-20-5-6-21-18(12-20)11-19(15-28-21)22(26)24-13-16-3-1-2-4-17(16)14-25-7-9-27-10-8-25/h1-6,11-12H,7-10,13-15H2,(H,24,26). The number of ether oxygens (including phenoxy) is 2. The summed E-state index contributed by atoms with van der Waals surface area (Å²) >= 11 is 6.05. The minimum Gasteiger partial charge on any atom is -0.488 e. The summed E-state index contributed by atoms with van der Waals surface area (Å²) in [5.41, 5.74) is 3.79. The van der Waals surface area contributed by atoms with E-state index in [1.165, 1.54) is 5.56 Å². The van der Waals surface area contributed by atoms with E-state index < -0.39 is 0 Å². The fourth-order valence-corrected chi connectivity index (χ4v) is 3.63. The first-order valence-electron chi connectivity index (χ1n) is 9.47. The van der Waals surface area contributed by atoms with Crippen LogP contribution in [-0.2, 0) is 22.6 Å². The van der Waals surface area contributed by atoms with Crippen molar-refractivity contribution in [3.05, 3.63) is 69.8 Å². The number of amides is 1. The first kappa shape index (κ1) is 19.0. The van der Waals surface area contributed by atoms with Crippen molar-refractivity contribution < 1.29 is 14.3 Å². The summed E-state index contributed by atoms with van der Waals surface area (Å²) in [6.45, 7) is 5.04. The lowest BCUT2D eigenvalue weighted by Gasteiger charge is -2.27. The van der Waals surface area contributed by atoms with Gasteiger partial charge in [-0.1, -0.05) is 35.9 Å². The van der Waals surface area contributed by atoms with Crippen LogP contribution in [0.2, 0.25) is 5.02 Å². The van der Waals surface area contributed by atoms with Crippen LogP contribution in [0.5, 0.6) is 5.75 Å². The Bertz CT molecular complexity index is 891. The second-order valence-electron chi connectivity index (χ2n) is 6.98. The number of benzene rings is 2. The van der Waals surface area contributed by atoms with E-state index in [-0.39, 0.29) is 12.5 Å². The van der Waals surface area contributed by atoms with Gasteiger partial charge in [0.1, 0.15) is 12.4 Å². The molecule has 0 saturated carbocycles. The second-order valence-corrected chi connectivity index (χ2v) is 7.42. The first-order valence-corrected chi connectivity index (χ1v) is 9.85. The fourth-order valence-electron chi connectivity index (χ4n) is 3.45. The highest BCUT2D eigenvalue weighted by molar-refractivity contribution is 6.30. The van der Waals surface area contributed by atoms with E-state index in [0.29, 0.717) is 17.1 Å². The van der Waals surface area contributed by atoms with Crippen molar-refractivity contribution in [3.63, 3.8) is 0 Å². The lowest BCUT2D eigenvalue weighted by molar-refractivity contribution is -0.117. The highest BCUT2D eigenvalue weighted by Gasteiger charge is 2.18. The summed E-state index contributed by atoms with van der Waals surface area (Å²) in [7, 11) is 0. The quantitative estimate of drug-likeness (QED) is 0.839. The molecule has 28 heavy (non-hydrogen) atoms. The number of hydrogen-bond acceptors (Lipinski definition) is 4. The molecule has 0 bridgehead atoms. The zero-order chi connectivity index (χ0) is 19.3. The Kier molecular flexibility index (Phi) is 5.95. The van der Waals surface area contributed by atoms with Crippen molar-refractivity contribution >= 4 is 23.6 Å². The second kappa shape index (κ2) is 8.78. The Morgan fingerprint density at radius 1 is 1.11 bits per heavy atom. The third-order valence-corrected chi connectivity index (χ3v) is 5.27. The summed E-state index contributed by atoms with van der Waals surface area (Å²) in [4.78, 5) is 15.0. The van der Waals surface area contributed by atoms with Gasteiger partial charge in [0, 0.05) is 36.8 Å². The van der Waals surface area contributed by atoms with Crippen LogP contribution in [0.4, 0.5) is 0 Å². The molecule has 4 rings (SSSR count). The summed E-state index contributed by atoms with van der Waals surface area (Å²) in [5, 5.41) is 3.65. The molecule has 2 aliphatic rings. The molecule has 0 spiro atoms. The van der Waals surface area contributed by atoms with E-state index >= 15 is 0 Å². The number of carbonyl (C=O) groups excluding carboxylic acids is 1. The predicted octanol–water partition coefficient (Wildman–Crippen LogP) is 3.26. The molecule has 2 heterocycles. The lowest BCUT2D eigenvalue weighted by atomic mass is 10.1. The molecule has 0 aliphatic carbocycles. The summed E-state index contributed by atoms with van der Waals surface area (Å²) < 4.78 is 11.1. The van der Waals surface area contributed by atoms with Gasteiger partial charge in [0.25, 0.3) is 5.91 Å². The zero-order valence-electron chi connectivity index (χ0n) is 15.6. The van der Waals surface area contributed by atoms with Gasteiger partial charge in [-0.3, -0.25) is 9.69 Å². The van der Waals surface area contributed by atoms with Crippen molar-refractivity contribution in [1.82, 2.24) is 10.2 Å². The highest BCUT2D eigenvalue weighted by atomic mass is 35.5. The van der Waals surface area contributed by atoms with Crippen LogP contribution in [0.25, 0.3) is 6.08 Å². The van der Waals surface area contributed by atoms with Gasteiger partial charge in [0.15, 0.2) is 0 Å². The van der Waals surface area contributed by atoms with Gasteiger partial charge in [-0.25, -0.2) is 0 Å². The van der Waals surface area contributed by atoms with Crippen molar-refractivity contribution in [3.8, 4) is 5.75 Å². The molecular weight excluding hydrogens is 376 g/mol. The number of carbonyl (C=O) groups is 1. The van der Waals surface area contributed by atoms with Crippen LogP contribution in [0.3, 0.4) is 0 Å². The van der Waals surface area contributed by atoms with Gasteiger partial charge < -0.3 is 14.8 Å². The Morgan fingerprint density at radius 3 is 2.71 bits per heavy atom. The average molecular weight is 399 g/mol. The molecule has 1 saturated heterocycles. The number of morpholine rings is 1. The van der Waals surface area contributed by atoms with Crippen molar-refractivity contribution in [2.45, 2.75) is 13.1 Å². The topological polar surface area (TPSA) is 50.8 Å². The molecule has 0 aromatic heterocycles.